The first-order valence-electron chi connectivity index (χ1n) is 8.77. The Bertz CT molecular complexity index is 940. The van der Waals surface area contributed by atoms with Gasteiger partial charge in [-0.05, 0) is 23.6 Å². The quantitative estimate of drug-likeness (QED) is 0.587. The Kier molecular flexibility index (Phi) is 5.05. The third-order valence-electron chi connectivity index (χ3n) is 4.16. The minimum Gasteiger partial charge on any atom is -0.274 e. The van der Waals surface area contributed by atoms with Crippen LogP contribution in [0.15, 0.2) is 72.8 Å². The fraction of sp³-hybridized carbons (Fsp3) is 0.182. The molecule has 0 aliphatic heterocycles. The third-order valence-corrected chi connectivity index (χ3v) is 5.53. The summed E-state index contributed by atoms with van der Waals surface area (Å²) in [5.74, 6) is -0.403. The van der Waals surface area contributed by atoms with Crippen LogP contribution in [0.4, 0.5) is 5.69 Å². The molecule has 0 saturated heterocycles. The van der Waals surface area contributed by atoms with Crippen molar-refractivity contribution in [3.63, 3.8) is 0 Å². The normalized spacial score (nSPS) is 11.3. The fourth-order valence-corrected chi connectivity index (χ4v) is 4.07. The van der Waals surface area contributed by atoms with Crippen molar-refractivity contribution >= 4 is 36.3 Å². The molecule has 3 aromatic carbocycles. The first-order chi connectivity index (χ1) is 12.4. The second-order valence-electron chi connectivity index (χ2n) is 7.64. The van der Waals surface area contributed by atoms with Crippen molar-refractivity contribution in [2.45, 2.75) is 25.7 Å². The highest BCUT2D eigenvalue weighted by Gasteiger charge is 2.29. The summed E-state index contributed by atoms with van der Waals surface area (Å²) in [6.45, 7) is 6.41. The summed E-state index contributed by atoms with van der Waals surface area (Å²) in [6, 6.07) is 23.0. The first-order valence-corrected chi connectivity index (χ1v) is 12.5. The summed E-state index contributed by atoms with van der Waals surface area (Å²) in [6.07, 6.45) is 0. The van der Waals surface area contributed by atoms with Crippen molar-refractivity contribution in [1.29, 1.82) is 0 Å². The number of carbonyl (C=O) groups is 2. The standard InChI is InChI=1S/C22H23NO2Si/c1-26(2,3)16-21(24)23(22(25)18-11-5-4-6-12-18)20-15-9-13-17-10-7-8-14-19(17)20/h4-15H,16H2,1-3H3. The van der Waals surface area contributed by atoms with Gasteiger partial charge in [0.05, 0.1) is 13.8 Å². The molecule has 0 bridgehead atoms. The lowest BCUT2D eigenvalue weighted by Crippen LogP contribution is -2.41. The zero-order chi connectivity index (χ0) is 18.7. The third kappa shape index (κ3) is 3.91. The van der Waals surface area contributed by atoms with E-state index in [1.807, 2.05) is 60.7 Å². The van der Waals surface area contributed by atoms with Crippen LogP contribution in [0.5, 0.6) is 0 Å². The summed E-state index contributed by atoms with van der Waals surface area (Å²) in [5, 5.41) is 1.92. The Hall–Kier alpha value is -2.72. The Balaban J connectivity index is 2.14. The smallest absolute Gasteiger partial charge is 0.265 e. The van der Waals surface area contributed by atoms with E-state index in [1.165, 1.54) is 4.90 Å². The highest BCUT2D eigenvalue weighted by molar-refractivity contribution is 6.79. The molecule has 2 amide bonds. The molecule has 3 rings (SSSR count). The van der Waals surface area contributed by atoms with Crippen molar-refractivity contribution in [2.75, 3.05) is 4.90 Å². The first kappa shape index (κ1) is 18.1. The number of hydrogen-bond donors (Lipinski definition) is 0. The van der Waals surface area contributed by atoms with Crippen LogP contribution in [0.1, 0.15) is 10.4 Å². The Morgan fingerprint density at radius 2 is 1.42 bits per heavy atom. The number of anilines is 1. The zero-order valence-corrected chi connectivity index (χ0v) is 16.4. The lowest BCUT2D eigenvalue weighted by Gasteiger charge is -2.26. The molecular weight excluding hydrogens is 338 g/mol. The van der Waals surface area contributed by atoms with Crippen LogP contribution < -0.4 is 4.90 Å². The molecule has 132 valence electrons. The van der Waals surface area contributed by atoms with E-state index >= 15 is 0 Å². The molecule has 26 heavy (non-hydrogen) atoms. The maximum Gasteiger partial charge on any atom is 0.265 e. The van der Waals surface area contributed by atoms with Crippen molar-refractivity contribution in [1.82, 2.24) is 0 Å². The van der Waals surface area contributed by atoms with E-state index in [9.17, 15) is 9.59 Å². The van der Waals surface area contributed by atoms with Crippen LogP contribution in [-0.4, -0.2) is 19.9 Å². The summed E-state index contributed by atoms with van der Waals surface area (Å²) < 4.78 is 0. The van der Waals surface area contributed by atoms with E-state index in [2.05, 4.69) is 19.6 Å². The minimum absolute atomic E-state index is 0.130. The molecule has 0 unspecified atom stereocenters. The van der Waals surface area contributed by atoms with E-state index in [0.29, 0.717) is 17.3 Å². The van der Waals surface area contributed by atoms with Gasteiger partial charge >= 0.3 is 0 Å². The highest BCUT2D eigenvalue weighted by atomic mass is 28.3. The van der Waals surface area contributed by atoms with Gasteiger partial charge in [-0.15, -0.1) is 0 Å². The number of fused-ring (bicyclic) bond motifs is 1. The molecule has 0 aliphatic carbocycles. The van der Waals surface area contributed by atoms with Crippen molar-refractivity contribution in [2.24, 2.45) is 0 Å². The van der Waals surface area contributed by atoms with Gasteiger partial charge in [0, 0.05) is 17.0 Å². The largest absolute Gasteiger partial charge is 0.274 e. The number of imide groups is 1. The number of nitrogens with zero attached hydrogens (tertiary/aromatic N) is 1. The lowest BCUT2D eigenvalue weighted by molar-refractivity contribution is -0.116. The molecule has 0 atom stereocenters. The summed E-state index contributed by atoms with van der Waals surface area (Å²) >= 11 is 0. The molecule has 3 nitrogen and oxygen atoms in total. The maximum atomic E-state index is 13.2. The van der Waals surface area contributed by atoms with Crippen LogP contribution in [0.2, 0.25) is 25.7 Å². The van der Waals surface area contributed by atoms with E-state index in [4.69, 9.17) is 0 Å². The van der Waals surface area contributed by atoms with Gasteiger partial charge in [-0.3, -0.25) is 9.59 Å². The van der Waals surface area contributed by atoms with Crippen molar-refractivity contribution in [3.05, 3.63) is 78.4 Å². The van der Waals surface area contributed by atoms with Gasteiger partial charge in [0.1, 0.15) is 0 Å². The SMILES string of the molecule is C[Si](C)(C)CC(=O)N(C(=O)c1ccccc1)c1cccc2ccccc12. The van der Waals surface area contributed by atoms with Gasteiger partial charge in [-0.2, -0.15) is 0 Å². The second kappa shape index (κ2) is 7.26. The Labute approximate surface area is 155 Å². The molecule has 4 heteroatoms. The average Bonchev–Trinajstić information content (AvgIpc) is 2.61. The number of benzene rings is 3. The molecule has 0 heterocycles. The maximum absolute atomic E-state index is 13.2. The zero-order valence-electron chi connectivity index (χ0n) is 15.4. The topological polar surface area (TPSA) is 37.4 Å². The predicted molar refractivity (Wildman–Crippen MR) is 110 cm³/mol. The number of amides is 2. The lowest BCUT2D eigenvalue weighted by atomic mass is 10.1. The van der Waals surface area contributed by atoms with Gasteiger partial charge in [0.25, 0.3) is 5.91 Å². The summed E-state index contributed by atoms with van der Waals surface area (Å²) in [5.41, 5.74) is 1.17. The van der Waals surface area contributed by atoms with Gasteiger partial charge in [0.15, 0.2) is 0 Å². The van der Waals surface area contributed by atoms with Crippen LogP contribution >= 0.6 is 0 Å². The average molecular weight is 362 g/mol. The number of hydrogen-bond acceptors (Lipinski definition) is 2. The fourth-order valence-electron chi connectivity index (χ4n) is 3.00. The number of carbonyl (C=O) groups excluding carboxylic acids is 2. The predicted octanol–water partition coefficient (Wildman–Crippen LogP) is 5.35. The summed E-state index contributed by atoms with van der Waals surface area (Å²) in [7, 11) is -1.67. The molecule has 3 aromatic rings. The van der Waals surface area contributed by atoms with E-state index < -0.39 is 8.07 Å². The molecule has 0 aromatic heterocycles. The molecule has 0 saturated carbocycles. The minimum atomic E-state index is -1.67. The van der Waals surface area contributed by atoms with E-state index in [-0.39, 0.29) is 11.8 Å². The molecule has 0 aliphatic rings. The Morgan fingerprint density at radius 3 is 2.12 bits per heavy atom. The molecule has 0 radical (unpaired) electrons. The molecule has 0 spiro atoms. The van der Waals surface area contributed by atoms with Crippen LogP contribution in [-0.2, 0) is 4.79 Å². The summed E-state index contributed by atoms with van der Waals surface area (Å²) in [4.78, 5) is 27.8. The molecule has 0 N–H and O–H groups in total. The second-order valence-corrected chi connectivity index (χ2v) is 13.1. The monoisotopic (exact) mass is 361 g/mol. The van der Waals surface area contributed by atoms with Crippen LogP contribution in [0.25, 0.3) is 10.8 Å². The molecule has 0 fully saturated rings. The number of rotatable bonds is 4. The van der Waals surface area contributed by atoms with Gasteiger partial charge < -0.3 is 0 Å². The van der Waals surface area contributed by atoms with Gasteiger partial charge in [0.2, 0.25) is 5.91 Å². The van der Waals surface area contributed by atoms with Crippen LogP contribution in [0, 0.1) is 0 Å². The van der Waals surface area contributed by atoms with Crippen molar-refractivity contribution < 1.29 is 9.59 Å². The highest BCUT2D eigenvalue weighted by Crippen LogP contribution is 2.29. The van der Waals surface area contributed by atoms with Crippen molar-refractivity contribution in [3.8, 4) is 0 Å². The van der Waals surface area contributed by atoms with Crippen LogP contribution in [0.3, 0.4) is 0 Å². The van der Waals surface area contributed by atoms with E-state index in [0.717, 1.165) is 10.8 Å². The van der Waals surface area contributed by atoms with Gasteiger partial charge in [-0.1, -0.05) is 74.2 Å². The molecular formula is C22H23NO2Si. The van der Waals surface area contributed by atoms with E-state index in [1.54, 1.807) is 12.1 Å². The Morgan fingerprint density at radius 1 is 0.808 bits per heavy atom. The van der Waals surface area contributed by atoms with Gasteiger partial charge in [-0.25, -0.2) is 4.90 Å².